The quantitative estimate of drug-likeness (QED) is 0.266. The van der Waals surface area contributed by atoms with E-state index in [1.807, 2.05) is 37.3 Å². The molecule has 3 aromatic rings. The number of ether oxygens (including phenoxy) is 3. The highest BCUT2D eigenvalue weighted by atomic mass is 16.5. The van der Waals surface area contributed by atoms with E-state index in [2.05, 4.69) is 0 Å². The van der Waals surface area contributed by atoms with Crippen LogP contribution in [-0.2, 0) is 16.0 Å². The number of carbonyl (C=O) groups is 2. The van der Waals surface area contributed by atoms with Gasteiger partial charge in [-0.2, -0.15) is 0 Å². The fourth-order valence-electron chi connectivity index (χ4n) is 4.43. The average molecular weight is 488 g/mol. The van der Waals surface area contributed by atoms with E-state index < -0.39 is 17.7 Å². The Morgan fingerprint density at radius 2 is 1.67 bits per heavy atom. The fraction of sp³-hybridized carbons (Fsp3) is 0.241. The summed E-state index contributed by atoms with van der Waals surface area (Å²) in [5.74, 6) is -0.108. The Balaban J connectivity index is 1.82. The molecule has 4 rings (SSSR count). The summed E-state index contributed by atoms with van der Waals surface area (Å²) in [4.78, 5) is 28.1. The highest BCUT2D eigenvalue weighted by Crippen LogP contribution is 2.42. The molecule has 0 aromatic heterocycles. The third kappa shape index (κ3) is 4.91. The normalized spacial score (nSPS) is 16.8. The van der Waals surface area contributed by atoms with Crippen molar-refractivity contribution in [3.8, 4) is 17.2 Å². The summed E-state index contributed by atoms with van der Waals surface area (Å²) in [6, 6.07) is 21.0. The van der Waals surface area contributed by atoms with Gasteiger partial charge in [0.05, 0.1) is 32.4 Å². The van der Waals surface area contributed by atoms with Crippen LogP contribution in [-0.4, -0.2) is 49.1 Å². The zero-order valence-electron chi connectivity index (χ0n) is 20.6. The standard InChI is InChI=1S/C29H29NO6/c1-4-36-22-12-8-11-21(17-22)27(31)25-26(20-13-14-23(34-2)24(18-20)35-3)30(29(33)28(25)32)16-15-19-9-6-5-7-10-19/h5-14,17-18,26,31H,4,15-16H2,1-3H3. The zero-order chi connectivity index (χ0) is 25.7. The largest absolute Gasteiger partial charge is 0.507 e. The first-order valence-corrected chi connectivity index (χ1v) is 11.8. The number of hydrogen-bond acceptors (Lipinski definition) is 6. The second-order valence-electron chi connectivity index (χ2n) is 8.30. The summed E-state index contributed by atoms with van der Waals surface area (Å²) in [7, 11) is 3.06. The van der Waals surface area contributed by atoms with Gasteiger partial charge in [0, 0.05) is 12.1 Å². The lowest BCUT2D eigenvalue weighted by Crippen LogP contribution is -2.31. The molecule has 0 bridgehead atoms. The molecule has 0 aliphatic carbocycles. The van der Waals surface area contributed by atoms with E-state index in [0.29, 0.717) is 47.9 Å². The predicted octanol–water partition coefficient (Wildman–Crippen LogP) is 4.77. The van der Waals surface area contributed by atoms with Crippen LogP contribution in [0, 0.1) is 0 Å². The van der Waals surface area contributed by atoms with Gasteiger partial charge in [0.25, 0.3) is 11.7 Å². The first-order chi connectivity index (χ1) is 17.5. The van der Waals surface area contributed by atoms with Crippen LogP contribution in [0.3, 0.4) is 0 Å². The molecule has 1 aliphatic rings. The average Bonchev–Trinajstić information content (AvgIpc) is 3.17. The van der Waals surface area contributed by atoms with E-state index in [0.717, 1.165) is 5.56 Å². The molecule has 7 heteroatoms. The Kier molecular flexibility index (Phi) is 7.59. The molecule has 1 fully saturated rings. The molecule has 7 nitrogen and oxygen atoms in total. The fourth-order valence-corrected chi connectivity index (χ4v) is 4.43. The third-order valence-electron chi connectivity index (χ3n) is 6.17. The van der Waals surface area contributed by atoms with E-state index >= 15 is 0 Å². The van der Waals surface area contributed by atoms with Crippen molar-refractivity contribution in [3.05, 3.63) is 95.1 Å². The summed E-state index contributed by atoms with van der Waals surface area (Å²) >= 11 is 0. The molecule has 1 amide bonds. The Bertz CT molecular complexity index is 1280. The van der Waals surface area contributed by atoms with Crippen molar-refractivity contribution < 1.29 is 28.9 Å². The molecule has 1 heterocycles. The van der Waals surface area contributed by atoms with Crippen LogP contribution in [0.5, 0.6) is 17.2 Å². The molecule has 1 atom stereocenters. The van der Waals surface area contributed by atoms with Gasteiger partial charge in [0.2, 0.25) is 0 Å². The van der Waals surface area contributed by atoms with Crippen LogP contribution in [0.1, 0.15) is 29.7 Å². The minimum atomic E-state index is -0.802. The number of likely N-dealkylation sites (tertiary alicyclic amines) is 1. The molecule has 0 spiro atoms. The number of nitrogens with zero attached hydrogens (tertiary/aromatic N) is 1. The van der Waals surface area contributed by atoms with Crippen LogP contribution in [0.2, 0.25) is 0 Å². The summed E-state index contributed by atoms with van der Waals surface area (Å²) in [6.07, 6.45) is 0.553. The van der Waals surface area contributed by atoms with E-state index in [-0.39, 0.29) is 11.3 Å². The first-order valence-electron chi connectivity index (χ1n) is 11.8. The smallest absolute Gasteiger partial charge is 0.295 e. The Morgan fingerprint density at radius 1 is 0.917 bits per heavy atom. The van der Waals surface area contributed by atoms with Crippen LogP contribution in [0.25, 0.3) is 5.76 Å². The summed E-state index contributed by atoms with van der Waals surface area (Å²) in [5, 5.41) is 11.3. The van der Waals surface area contributed by atoms with E-state index in [9.17, 15) is 14.7 Å². The number of benzene rings is 3. The van der Waals surface area contributed by atoms with Gasteiger partial charge in [-0.25, -0.2) is 0 Å². The maximum absolute atomic E-state index is 13.3. The minimum Gasteiger partial charge on any atom is -0.507 e. The number of aliphatic hydroxyl groups is 1. The third-order valence-corrected chi connectivity index (χ3v) is 6.17. The lowest BCUT2D eigenvalue weighted by Gasteiger charge is -2.26. The van der Waals surface area contributed by atoms with Crippen LogP contribution < -0.4 is 14.2 Å². The number of amides is 1. The summed E-state index contributed by atoms with van der Waals surface area (Å²) in [5.41, 5.74) is 2.08. The van der Waals surface area contributed by atoms with Gasteiger partial charge in [-0.05, 0) is 48.7 Å². The van der Waals surface area contributed by atoms with Crippen LogP contribution >= 0.6 is 0 Å². The second-order valence-corrected chi connectivity index (χ2v) is 8.30. The topological polar surface area (TPSA) is 85.3 Å². The summed E-state index contributed by atoms with van der Waals surface area (Å²) < 4.78 is 16.4. The number of hydrogen-bond donors (Lipinski definition) is 1. The van der Waals surface area contributed by atoms with E-state index in [4.69, 9.17) is 14.2 Å². The van der Waals surface area contributed by atoms with E-state index in [1.54, 1.807) is 42.5 Å². The molecule has 3 aromatic carbocycles. The molecule has 1 saturated heterocycles. The van der Waals surface area contributed by atoms with Crippen molar-refractivity contribution >= 4 is 17.4 Å². The lowest BCUT2D eigenvalue weighted by molar-refractivity contribution is -0.139. The number of carbonyl (C=O) groups excluding carboxylic acids is 2. The van der Waals surface area contributed by atoms with Crippen molar-refractivity contribution in [2.45, 2.75) is 19.4 Å². The molecule has 36 heavy (non-hydrogen) atoms. The van der Waals surface area contributed by atoms with E-state index in [1.165, 1.54) is 19.1 Å². The highest BCUT2D eigenvalue weighted by Gasteiger charge is 2.46. The van der Waals surface area contributed by atoms with Gasteiger partial charge in [0.1, 0.15) is 11.5 Å². The van der Waals surface area contributed by atoms with Crippen molar-refractivity contribution in [1.82, 2.24) is 4.90 Å². The Labute approximate surface area is 210 Å². The Hall–Kier alpha value is -4.26. The van der Waals surface area contributed by atoms with Crippen molar-refractivity contribution in [1.29, 1.82) is 0 Å². The maximum Gasteiger partial charge on any atom is 0.295 e. The molecule has 0 saturated carbocycles. The Morgan fingerprint density at radius 3 is 2.36 bits per heavy atom. The lowest BCUT2D eigenvalue weighted by atomic mass is 9.94. The van der Waals surface area contributed by atoms with Gasteiger partial charge >= 0.3 is 0 Å². The molecular weight excluding hydrogens is 458 g/mol. The zero-order valence-corrected chi connectivity index (χ0v) is 20.6. The van der Waals surface area contributed by atoms with Crippen molar-refractivity contribution in [3.63, 3.8) is 0 Å². The van der Waals surface area contributed by atoms with Gasteiger partial charge < -0.3 is 24.2 Å². The number of Topliss-reactive ketones (excluding diaryl/α,β-unsaturated/α-hetero) is 1. The molecular formula is C29H29NO6. The molecule has 0 radical (unpaired) electrons. The first kappa shape index (κ1) is 24.9. The van der Waals surface area contributed by atoms with Gasteiger partial charge in [-0.1, -0.05) is 48.5 Å². The number of ketones is 1. The predicted molar refractivity (Wildman–Crippen MR) is 136 cm³/mol. The number of methoxy groups -OCH3 is 2. The van der Waals surface area contributed by atoms with Crippen molar-refractivity contribution in [2.75, 3.05) is 27.4 Å². The summed E-state index contributed by atoms with van der Waals surface area (Å²) in [6.45, 7) is 2.62. The number of rotatable bonds is 9. The van der Waals surface area contributed by atoms with Gasteiger partial charge in [0.15, 0.2) is 11.5 Å². The maximum atomic E-state index is 13.3. The molecule has 1 aliphatic heterocycles. The van der Waals surface area contributed by atoms with Crippen molar-refractivity contribution in [2.24, 2.45) is 0 Å². The molecule has 186 valence electrons. The van der Waals surface area contributed by atoms with Gasteiger partial charge in [-0.3, -0.25) is 9.59 Å². The molecule has 1 unspecified atom stereocenters. The van der Waals surface area contributed by atoms with Gasteiger partial charge in [-0.15, -0.1) is 0 Å². The minimum absolute atomic E-state index is 0.0222. The second kappa shape index (κ2) is 11.0. The van der Waals surface area contributed by atoms with Crippen LogP contribution in [0.15, 0.2) is 78.4 Å². The SMILES string of the molecule is CCOc1cccc(C(O)=C2C(=O)C(=O)N(CCc3ccccc3)C2c2ccc(OC)c(OC)c2)c1. The molecule has 1 N–H and O–H groups in total. The van der Waals surface area contributed by atoms with Crippen LogP contribution in [0.4, 0.5) is 0 Å². The monoisotopic (exact) mass is 487 g/mol. The number of aliphatic hydroxyl groups excluding tert-OH is 1. The highest BCUT2D eigenvalue weighted by molar-refractivity contribution is 6.46.